The van der Waals surface area contributed by atoms with Gasteiger partial charge in [-0.15, -0.1) is 0 Å². The maximum absolute atomic E-state index is 6.11. The van der Waals surface area contributed by atoms with Gasteiger partial charge in [0.1, 0.15) is 0 Å². The third kappa shape index (κ3) is 1.99. The van der Waals surface area contributed by atoms with E-state index in [9.17, 15) is 0 Å². The maximum Gasteiger partial charge on any atom is 0.0588 e. The van der Waals surface area contributed by atoms with Gasteiger partial charge in [-0.1, -0.05) is 23.7 Å². The van der Waals surface area contributed by atoms with Crippen LogP contribution >= 0.6 is 11.6 Å². The highest BCUT2D eigenvalue weighted by Crippen LogP contribution is 2.42. The Morgan fingerprint density at radius 3 is 2.82 bits per heavy atom. The molecule has 2 aliphatic heterocycles. The van der Waals surface area contributed by atoms with Crippen molar-refractivity contribution in [1.82, 2.24) is 5.32 Å². The zero-order chi connectivity index (χ0) is 11.7. The normalized spacial score (nSPS) is 27.5. The Hall–Kier alpha value is -0.570. The number of piperidine rings is 1. The largest absolute Gasteiger partial charge is 0.379 e. The van der Waals surface area contributed by atoms with E-state index in [0.717, 1.165) is 31.3 Å². The van der Waals surface area contributed by atoms with Crippen LogP contribution in [0.3, 0.4) is 0 Å². The van der Waals surface area contributed by atoms with Crippen molar-refractivity contribution in [1.29, 1.82) is 0 Å². The van der Waals surface area contributed by atoms with Crippen LogP contribution in [0.1, 0.15) is 18.4 Å². The van der Waals surface area contributed by atoms with Crippen molar-refractivity contribution >= 4 is 11.6 Å². The Kier molecular flexibility index (Phi) is 3.12. The van der Waals surface area contributed by atoms with E-state index in [1.165, 1.54) is 18.4 Å². The number of benzene rings is 1. The molecule has 1 aromatic carbocycles. The van der Waals surface area contributed by atoms with Crippen molar-refractivity contribution in [2.75, 3.05) is 26.3 Å². The predicted octanol–water partition coefficient (Wildman–Crippen LogP) is 2.61. The van der Waals surface area contributed by atoms with Crippen molar-refractivity contribution in [2.45, 2.75) is 18.3 Å². The van der Waals surface area contributed by atoms with E-state index in [1.807, 2.05) is 12.1 Å². The van der Waals surface area contributed by atoms with Crippen LogP contribution in [-0.4, -0.2) is 26.3 Å². The Bertz CT molecular complexity index is 397. The van der Waals surface area contributed by atoms with Crippen molar-refractivity contribution < 1.29 is 4.74 Å². The van der Waals surface area contributed by atoms with Gasteiger partial charge in [0, 0.05) is 10.4 Å². The number of ether oxygens (including phenoxy) is 1. The van der Waals surface area contributed by atoms with Gasteiger partial charge in [-0.25, -0.2) is 0 Å². The summed E-state index contributed by atoms with van der Waals surface area (Å²) in [5.74, 6) is 0.684. The smallest absolute Gasteiger partial charge is 0.0588 e. The lowest BCUT2D eigenvalue weighted by Crippen LogP contribution is -2.56. The molecule has 2 saturated heterocycles. The fraction of sp³-hybridized carbons (Fsp3) is 0.571. The molecule has 2 fully saturated rings. The quantitative estimate of drug-likeness (QED) is 0.873. The molecule has 1 atom stereocenters. The van der Waals surface area contributed by atoms with Gasteiger partial charge < -0.3 is 10.1 Å². The molecule has 0 bridgehead atoms. The standard InChI is InChI=1S/C14H18ClNO/c15-13-5-1-3-11(7-13)14(9-17-10-14)12-4-2-6-16-8-12/h1,3,5,7,12,16H,2,4,6,8-10H2. The van der Waals surface area contributed by atoms with E-state index >= 15 is 0 Å². The summed E-state index contributed by atoms with van der Waals surface area (Å²) in [6, 6.07) is 8.30. The number of nitrogens with one attached hydrogen (secondary N) is 1. The molecule has 2 aliphatic rings. The molecule has 3 heteroatoms. The Labute approximate surface area is 107 Å². The highest BCUT2D eigenvalue weighted by molar-refractivity contribution is 6.30. The minimum Gasteiger partial charge on any atom is -0.379 e. The summed E-state index contributed by atoms with van der Waals surface area (Å²) in [4.78, 5) is 0. The van der Waals surface area contributed by atoms with Crippen LogP contribution in [0.4, 0.5) is 0 Å². The molecule has 2 nitrogen and oxygen atoms in total. The van der Waals surface area contributed by atoms with Crippen LogP contribution in [0.15, 0.2) is 24.3 Å². The van der Waals surface area contributed by atoms with E-state index in [2.05, 4.69) is 17.4 Å². The average Bonchev–Trinajstić information content (AvgIpc) is 2.29. The molecule has 0 amide bonds. The van der Waals surface area contributed by atoms with Gasteiger partial charge in [-0.2, -0.15) is 0 Å². The Balaban J connectivity index is 1.90. The minimum atomic E-state index is 0.207. The molecular formula is C14H18ClNO. The van der Waals surface area contributed by atoms with E-state index in [0.29, 0.717) is 5.92 Å². The summed E-state index contributed by atoms with van der Waals surface area (Å²) in [7, 11) is 0. The van der Waals surface area contributed by atoms with Gasteiger partial charge in [0.15, 0.2) is 0 Å². The summed E-state index contributed by atoms with van der Waals surface area (Å²) in [5, 5.41) is 4.34. The molecule has 0 spiro atoms. The topological polar surface area (TPSA) is 21.3 Å². The first-order valence-electron chi connectivity index (χ1n) is 6.36. The number of halogens is 1. The molecule has 1 unspecified atom stereocenters. The predicted molar refractivity (Wildman–Crippen MR) is 69.5 cm³/mol. The molecule has 0 radical (unpaired) electrons. The van der Waals surface area contributed by atoms with Gasteiger partial charge >= 0.3 is 0 Å². The van der Waals surface area contributed by atoms with Crippen LogP contribution in [0.5, 0.6) is 0 Å². The molecule has 0 aliphatic carbocycles. The van der Waals surface area contributed by atoms with Crippen molar-refractivity contribution in [3.63, 3.8) is 0 Å². The fourth-order valence-electron chi connectivity index (χ4n) is 3.08. The van der Waals surface area contributed by atoms with Gasteiger partial charge in [-0.3, -0.25) is 0 Å². The van der Waals surface area contributed by atoms with Gasteiger partial charge in [0.25, 0.3) is 0 Å². The molecule has 1 aromatic rings. The summed E-state index contributed by atoms with van der Waals surface area (Å²) >= 11 is 6.11. The summed E-state index contributed by atoms with van der Waals surface area (Å²) in [5.41, 5.74) is 1.56. The molecule has 0 saturated carbocycles. The molecule has 17 heavy (non-hydrogen) atoms. The molecule has 92 valence electrons. The molecule has 0 aromatic heterocycles. The number of hydrogen-bond acceptors (Lipinski definition) is 2. The monoisotopic (exact) mass is 251 g/mol. The van der Waals surface area contributed by atoms with Gasteiger partial charge in [0.2, 0.25) is 0 Å². The van der Waals surface area contributed by atoms with E-state index in [-0.39, 0.29) is 5.41 Å². The van der Waals surface area contributed by atoms with Crippen LogP contribution in [-0.2, 0) is 10.2 Å². The van der Waals surface area contributed by atoms with Crippen molar-refractivity contribution in [2.24, 2.45) is 5.92 Å². The fourth-order valence-corrected chi connectivity index (χ4v) is 3.27. The Morgan fingerprint density at radius 2 is 2.24 bits per heavy atom. The summed E-state index contributed by atoms with van der Waals surface area (Å²) < 4.78 is 5.51. The lowest BCUT2D eigenvalue weighted by Gasteiger charge is -2.49. The van der Waals surface area contributed by atoms with E-state index < -0.39 is 0 Å². The zero-order valence-electron chi connectivity index (χ0n) is 9.92. The SMILES string of the molecule is Clc1cccc(C2(C3CCCNC3)COC2)c1. The lowest BCUT2D eigenvalue weighted by atomic mass is 9.66. The summed E-state index contributed by atoms with van der Waals surface area (Å²) in [6.07, 6.45) is 2.57. The number of hydrogen-bond donors (Lipinski definition) is 1. The molecular weight excluding hydrogens is 234 g/mol. The average molecular weight is 252 g/mol. The molecule has 3 rings (SSSR count). The maximum atomic E-state index is 6.11. The first kappa shape index (κ1) is 11.5. The van der Waals surface area contributed by atoms with Crippen LogP contribution in [0.25, 0.3) is 0 Å². The van der Waals surface area contributed by atoms with Crippen molar-refractivity contribution in [3.8, 4) is 0 Å². The van der Waals surface area contributed by atoms with Crippen LogP contribution in [0, 0.1) is 5.92 Å². The molecule has 2 heterocycles. The van der Waals surface area contributed by atoms with E-state index in [1.54, 1.807) is 0 Å². The molecule has 1 N–H and O–H groups in total. The first-order chi connectivity index (χ1) is 8.31. The van der Waals surface area contributed by atoms with Gasteiger partial charge in [-0.05, 0) is 49.5 Å². The second-order valence-corrected chi connectivity index (χ2v) is 5.64. The Morgan fingerprint density at radius 1 is 1.35 bits per heavy atom. The minimum absolute atomic E-state index is 0.207. The van der Waals surface area contributed by atoms with Gasteiger partial charge in [0.05, 0.1) is 13.2 Å². The lowest BCUT2D eigenvalue weighted by molar-refractivity contribution is -0.0947. The van der Waals surface area contributed by atoms with E-state index in [4.69, 9.17) is 16.3 Å². The third-order valence-corrected chi connectivity index (χ3v) is 4.43. The first-order valence-corrected chi connectivity index (χ1v) is 6.74. The summed E-state index contributed by atoms with van der Waals surface area (Å²) in [6.45, 7) is 3.96. The van der Waals surface area contributed by atoms with Crippen molar-refractivity contribution in [3.05, 3.63) is 34.9 Å². The number of rotatable bonds is 2. The van der Waals surface area contributed by atoms with Crippen LogP contribution in [0.2, 0.25) is 5.02 Å². The second-order valence-electron chi connectivity index (χ2n) is 5.20. The zero-order valence-corrected chi connectivity index (χ0v) is 10.7. The highest BCUT2D eigenvalue weighted by atomic mass is 35.5. The highest BCUT2D eigenvalue weighted by Gasteiger charge is 2.47. The third-order valence-electron chi connectivity index (χ3n) is 4.20. The second kappa shape index (κ2) is 4.60. The van der Waals surface area contributed by atoms with Crippen LogP contribution < -0.4 is 5.32 Å².